The van der Waals surface area contributed by atoms with Crippen molar-refractivity contribution in [2.75, 3.05) is 11.4 Å². The normalized spacial score (nSPS) is 15.6. The molecule has 0 spiro atoms. The van der Waals surface area contributed by atoms with Crippen LogP contribution < -0.4 is 9.64 Å². The van der Waals surface area contributed by atoms with E-state index < -0.39 is 17.6 Å². The van der Waals surface area contributed by atoms with Crippen molar-refractivity contribution < 1.29 is 17.9 Å². The van der Waals surface area contributed by atoms with Crippen LogP contribution in [-0.4, -0.2) is 22.6 Å². The molecule has 0 bridgehead atoms. The molecule has 1 aromatic heterocycles. The van der Waals surface area contributed by atoms with Crippen LogP contribution >= 0.6 is 11.6 Å². The molecule has 0 radical (unpaired) electrons. The van der Waals surface area contributed by atoms with Crippen LogP contribution in [0.4, 0.5) is 24.8 Å². The Balaban J connectivity index is 1.95. The minimum Gasteiger partial charge on any atom is -0.474 e. The Hall–Kier alpha value is -2.02. The molecule has 146 valence electrons. The summed E-state index contributed by atoms with van der Waals surface area (Å²) in [7, 11) is 0. The van der Waals surface area contributed by atoms with Crippen LogP contribution in [0.2, 0.25) is 5.02 Å². The second-order valence-corrected chi connectivity index (χ2v) is 6.92. The van der Waals surface area contributed by atoms with Crippen LogP contribution in [0.5, 0.6) is 5.88 Å². The molecule has 0 saturated heterocycles. The van der Waals surface area contributed by atoms with Crippen LogP contribution in [0.1, 0.15) is 44.6 Å². The number of benzene rings is 1. The smallest absolute Gasteiger partial charge is 0.423 e. The summed E-state index contributed by atoms with van der Waals surface area (Å²) >= 11 is 5.92. The van der Waals surface area contributed by atoms with E-state index in [1.54, 1.807) is 29.2 Å². The van der Waals surface area contributed by atoms with Gasteiger partial charge in [-0.1, -0.05) is 18.0 Å². The van der Waals surface area contributed by atoms with E-state index >= 15 is 0 Å². The van der Waals surface area contributed by atoms with E-state index in [9.17, 15) is 13.2 Å². The number of hydrogen-bond acceptors (Lipinski definition) is 4. The van der Waals surface area contributed by atoms with Crippen molar-refractivity contribution in [1.29, 1.82) is 0 Å². The topological polar surface area (TPSA) is 38.2 Å². The largest absolute Gasteiger partial charge is 0.474 e. The van der Waals surface area contributed by atoms with E-state index in [-0.39, 0.29) is 12.1 Å². The second kappa shape index (κ2) is 8.33. The van der Waals surface area contributed by atoms with Crippen molar-refractivity contribution in [3.63, 3.8) is 0 Å². The monoisotopic (exact) mass is 399 g/mol. The van der Waals surface area contributed by atoms with Crippen molar-refractivity contribution in [3.8, 4) is 5.88 Å². The van der Waals surface area contributed by atoms with Crippen LogP contribution in [0.25, 0.3) is 0 Å². The van der Waals surface area contributed by atoms with Gasteiger partial charge in [-0.2, -0.15) is 18.2 Å². The molecule has 8 heteroatoms. The van der Waals surface area contributed by atoms with Gasteiger partial charge in [0.25, 0.3) is 0 Å². The first-order chi connectivity index (χ1) is 12.9. The molecule has 2 aromatic rings. The molecule has 1 aliphatic carbocycles. The Morgan fingerprint density at radius 1 is 1.15 bits per heavy atom. The van der Waals surface area contributed by atoms with E-state index in [0.29, 0.717) is 11.6 Å². The third-order valence-electron chi connectivity index (χ3n) is 4.57. The van der Waals surface area contributed by atoms with Crippen LogP contribution in [-0.2, 0) is 6.18 Å². The van der Waals surface area contributed by atoms with Gasteiger partial charge in [-0.15, -0.1) is 0 Å². The molecule has 1 aromatic carbocycles. The average molecular weight is 400 g/mol. The van der Waals surface area contributed by atoms with Crippen molar-refractivity contribution in [3.05, 3.63) is 41.0 Å². The van der Waals surface area contributed by atoms with Crippen molar-refractivity contribution in [2.45, 2.75) is 51.3 Å². The van der Waals surface area contributed by atoms with Gasteiger partial charge in [0.15, 0.2) is 0 Å². The van der Waals surface area contributed by atoms with Crippen LogP contribution in [0.3, 0.4) is 0 Å². The van der Waals surface area contributed by atoms with Gasteiger partial charge in [-0.25, -0.2) is 4.98 Å². The molecule has 1 heterocycles. The summed E-state index contributed by atoms with van der Waals surface area (Å²) < 4.78 is 45.9. The Kier molecular flexibility index (Phi) is 6.09. The third kappa shape index (κ3) is 4.83. The molecular weight excluding hydrogens is 379 g/mol. The first kappa shape index (κ1) is 19.7. The van der Waals surface area contributed by atoms with Gasteiger partial charge in [0.05, 0.1) is 0 Å². The Labute approximate surface area is 161 Å². The summed E-state index contributed by atoms with van der Waals surface area (Å²) in [6.07, 6.45) is 0.468. The van der Waals surface area contributed by atoms with Gasteiger partial charge < -0.3 is 9.64 Å². The fourth-order valence-electron chi connectivity index (χ4n) is 3.17. The lowest BCUT2D eigenvalue weighted by molar-refractivity contribution is -0.140. The maximum atomic E-state index is 13.4. The lowest BCUT2D eigenvalue weighted by atomic mass is 9.98. The van der Waals surface area contributed by atoms with Gasteiger partial charge in [-0.05, 0) is 56.9 Å². The van der Waals surface area contributed by atoms with E-state index in [4.69, 9.17) is 16.3 Å². The SMILES string of the molecule is CCN(c1ccc(Cl)cc1)c1ncc(C(F)(F)F)c(OC2CCCCC2)n1. The molecular formula is C19H21ClF3N3O. The highest BCUT2D eigenvalue weighted by Gasteiger charge is 2.37. The molecule has 1 saturated carbocycles. The third-order valence-corrected chi connectivity index (χ3v) is 4.82. The predicted molar refractivity (Wildman–Crippen MR) is 98.7 cm³/mol. The molecule has 3 rings (SSSR count). The number of alkyl halides is 3. The van der Waals surface area contributed by atoms with Crippen molar-refractivity contribution in [2.24, 2.45) is 0 Å². The molecule has 27 heavy (non-hydrogen) atoms. The van der Waals surface area contributed by atoms with Crippen molar-refractivity contribution >= 4 is 23.2 Å². The highest BCUT2D eigenvalue weighted by atomic mass is 35.5. The number of rotatable bonds is 5. The molecule has 1 aliphatic rings. The van der Waals surface area contributed by atoms with Crippen molar-refractivity contribution in [1.82, 2.24) is 9.97 Å². The maximum absolute atomic E-state index is 13.4. The molecule has 1 fully saturated rings. The Morgan fingerprint density at radius 2 is 1.81 bits per heavy atom. The standard InChI is InChI=1S/C19H21ClF3N3O/c1-2-26(14-10-8-13(20)9-11-14)18-24-12-16(19(21,22)23)17(25-18)27-15-6-4-3-5-7-15/h8-12,15H,2-7H2,1H3. The number of aromatic nitrogens is 2. The number of ether oxygens (including phenoxy) is 1. The summed E-state index contributed by atoms with van der Waals surface area (Å²) in [5.41, 5.74) is -0.200. The Bertz CT molecular complexity index is 762. The number of halogens is 4. The van der Waals surface area contributed by atoms with E-state index in [0.717, 1.165) is 44.0 Å². The molecule has 0 N–H and O–H groups in total. The predicted octanol–water partition coefficient (Wildman–Crippen LogP) is 6.02. The van der Waals surface area contributed by atoms with Crippen LogP contribution in [0, 0.1) is 0 Å². The minimum atomic E-state index is -4.57. The second-order valence-electron chi connectivity index (χ2n) is 6.49. The van der Waals surface area contributed by atoms with Gasteiger partial charge in [-0.3, -0.25) is 0 Å². The van der Waals surface area contributed by atoms with Crippen LogP contribution in [0.15, 0.2) is 30.5 Å². The van der Waals surface area contributed by atoms with Gasteiger partial charge in [0, 0.05) is 23.5 Å². The first-order valence-electron chi connectivity index (χ1n) is 9.02. The van der Waals surface area contributed by atoms with Gasteiger partial charge >= 0.3 is 6.18 Å². The maximum Gasteiger partial charge on any atom is 0.423 e. The summed E-state index contributed by atoms with van der Waals surface area (Å²) in [4.78, 5) is 9.81. The highest BCUT2D eigenvalue weighted by molar-refractivity contribution is 6.30. The summed E-state index contributed by atoms with van der Waals surface area (Å²) in [6, 6.07) is 6.97. The minimum absolute atomic E-state index is 0.165. The summed E-state index contributed by atoms with van der Waals surface area (Å²) in [6.45, 7) is 2.35. The molecule has 0 atom stereocenters. The van der Waals surface area contributed by atoms with Gasteiger partial charge in [0.1, 0.15) is 11.7 Å². The van der Waals surface area contributed by atoms with E-state index in [1.807, 2.05) is 6.92 Å². The Morgan fingerprint density at radius 3 is 2.41 bits per heavy atom. The van der Waals surface area contributed by atoms with E-state index in [1.165, 1.54) is 0 Å². The highest BCUT2D eigenvalue weighted by Crippen LogP contribution is 2.37. The number of anilines is 2. The zero-order valence-electron chi connectivity index (χ0n) is 15.0. The first-order valence-corrected chi connectivity index (χ1v) is 9.40. The lowest BCUT2D eigenvalue weighted by Crippen LogP contribution is -2.24. The molecule has 0 amide bonds. The lowest BCUT2D eigenvalue weighted by Gasteiger charge is -2.26. The molecule has 0 unspecified atom stereocenters. The number of hydrogen-bond donors (Lipinski definition) is 0. The molecule has 4 nitrogen and oxygen atoms in total. The molecule has 0 aliphatic heterocycles. The summed E-state index contributed by atoms with van der Waals surface area (Å²) in [5.74, 6) is -0.231. The fraction of sp³-hybridized carbons (Fsp3) is 0.474. The number of nitrogens with zero attached hydrogens (tertiary/aromatic N) is 3. The zero-order chi connectivity index (χ0) is 19.4. The quantitative estimate of drug-likeness (QED) is 0.616. The van der Waals surface area contributed by atoms with E-state index in [2.05, 4.69) is 9.97 Å². The fourth-order valence-corrected chi connectivity index (χ4v) is 3.30. The summed E-state index contributed by atoms with van der Waals surface area (Å²) in [5, 5.41) is 0.574. The zero-order valence-corrected chi connectivity index (χ0v) is 15.7. The average Bonchev–Trinajstić information content (AvgIpc) is 2.64. The van der Waals surface area contributed by atoms with Gasteiger partial charge in [0.2, 0.25) is 11.8 Å².